The van der Waals surface area contributed by atoms with Gasteiger partial charge >= 0.3 is 12.0 Å². The number of nitrogens with one attached hydrogen (secondary N) is 1. The highest BCUT2D eigenvalue weighted by molar-refractivity contribution is 7.14. The van der Waals surface area contributed by atoms with E-state index in [1.807, 2.05) is 6.92 Å². The molecule has 7 nitrogen and oxygen atoms in total. The summed E-state index contributed by atoms with van der Waals surface area (Å²) in [6, 6.07) is 1.06. The van der Waals surface area contributed by atoms with Crippen LogP contribution in [0.3, 0.4) is 0 Å². The van der Waals surface area contributed by atoms with Crippen LogP contribution in [0.5, 0.6) is 0 Å². The first-order chi connectivity index (χ1) is 9.51. The molecule has 20 heavy (non-hydrogen) atoms. The Labute approximate surface area is 119 Å². The van der Waals surface area contributed by atoms with Crippen molar-refractivity contribution in [2.24, 2.45) is 0 Å². The average Bonchev–Trinajstić information content (AvgIpc) is 2.86. The fourth-order valence-electron chi connectivity index (χ4n) is 2.06. The van der Waals surface area contributed by atoms with Gasteiger partial charge in [0.15, 0.2) is 0 Å². The van der Waals surface area contributed by atoms with Gasteiger partial charge in [0.2, 0.25) is 0 Å². The van der Waals surface area contributed by atoms with Gasteiger partial charge in [0.1, 0.15) is 5.00 Å². The van der Waals surface area contributed by atoms with Crippen molar-refractivity contribution in [2.45, 2.75) is 19.1 Å². The number of hydrogen-bond acceptors (Lipinski definition) is 5. The molecule has 2 unspecified atom stereocenters. The van der Waals surface area contributed by atoms with Crippen LogP contribution in [-0.2, 0) is 4.74 Å². The zero-order valence-corrected chi connectivity index (χ0v) is 11.7. The van der Waals surface area contributed by atoms with Crippen molar-refractivity contribution in [1.29, 1.82) is 0 Å². The number of amides is 2. The maximum absolute atomic E-state index is 12.1. The average molecular weight is 300 g/mol. The summed E-state index contributed by atoms with van der Waals surface area (Å²) >= 11 is 1.16. The Balaban J connectivity index is 2.04. The van der Waals surface area contributed by atoms with Crippen LogP contribution in [0.25, 0.3) is 0 Å². The molecule has 1 aliphatic rings. The molecule has 2 amide bonds. The molecule has 1 aromatic heterocycles. The second-order valence-corrected chi connectivity index (χ2v) is 5.47. The van der Waals surface area contributed by atoms with E-state index in [0.29, 0.717) is 11.5 Å². The second-order valence-electron chi connectivity index (χ2n) is 4.55. The molecule has 1 fully saturated rings. The maximum Gasteiger partial charge on any atom is 0.338 e. The number of ether oxygens (including phenoxy) is 1. The number of hydrogen-bond donors (Lipinski definition) is 3. The summed E-state index contributed by atoms with van der Waals surface area (Å²) in [6.07, 6.45) is -0.583. The number of carbonyl (C=O) groups excluding carboxylic acids is 1. The first-order valence-electron chi connectivity index (χ1n) is 6.14. The van der Waals surface area contributed by atoms with Gasteiger partial charge in [-0.2, -0.15) is 0 Å². The number of thiophene rings is 1. The summed E-state index contributed by atoms with van der Waals surface area (Å²) in [5, 5.41) is 22.6. The lowest BCUT2D eigenvalue weighted by atomic mass is 10.2. The molecule has 1 aromatic rings. The molecule has 1 saturated heterocycles. The Bertz CT molecular complexity index is 504. The third-order valence-electron chi connectivity index (χ3n) is 2.93. The number of anilines is 1. The summed E-state index contributed by atoms with van der Waals surface area (Å²) in [7, 11) is 0. The van der Waals surface area contributed by atoms with Gasteiger partial charge in [-0.3, -0.25) is 5.32 Å². The number of carboxylic acids is 1. The Hall–Kier alpha value is -1.64. The zero-order valence-electron chi connectivity index (χ0n) is 10.9. The number of urea groups is 1. The van der Waals surface area contributed by atoms with Gasteiger partial charge in [-0.25, -0.2) is 9.59 Å². The molecule has 0 aromatic carbocycles. The van der Waals surface area contributed by atoms with Crippen LogP contribution in [0.4, 0.5) is 9.80 Å². The Morgan fingerprint density at radius 2 is 2.30 bits per heavy atom. The molecule has 0 bridgehead atoms. The fourth-order valence-corrected chi connectivity index (χ4v) is 2.83. The van der Waals surface area contributed by atoms with Crippen molar-refractivity contribution in [3.8, 4) is 0 Å². The summed E-state index contributed by atoms with van der Waals surface area (Å²) in [6.45, 7) is 2.33. The van der Waals surface area contributed by atoms with E-state index in [4.69, 9.17) is 14.9 Å². The zero-order chi connectivity index (χ0) is 14.7. The van der Waals surface area contributed by atoms with E-state index in [1.165, 1.54) is 11.0 Å². The maximum atomic E-state index is 12.1. The van der Waals surface area contributed by atoms with Crippen LogP contribution in [0.1, 0.15) is 17.3 Å². The largest absolute Gasteiger partial charge is 0.478 e. The van der Waals surface area contributed by atoms with Crippen molar-refractivity contribution in [2.75, 3.05) is 25.0 Å². The predicted molar refractivity (Wildman–Crippen MR) is 73.3 cm³/mol. The third-order valence-corrected chi connectivity index (χ3v) is 3.76. The van der Waals surface area contributed by atoms with Gasteiger partial charge in [-0.05, 0) is 18.4 Å². The molecule has 3 N–H and O–H groups in total. The number of aliphatic hydroxyl groups excluding tert-OH is 1. The molecule has 2 heterocycles. The monoisotopic (exact) mass is 300 g/mol. The summed E-state index contributed by atoms with van der Waals surface area (Å²) < 4.78 is 5.45. The van der Waals surface area contributed by atoms with E-state index in [2.05, 4.69) is 5.32 Å². The highest BCUT2D eigenvalue weighted by Crippen LogP contribution is 2.24. The smallest absolute Gasteiger partial charge is 0.338 e. The lowest BCUT2D eigenvalue weighted by Crippen LogP contribution is -2.51. The molecule has 0 spiro atoms. The van der Waals surface area contributed by atoms with Gasteiger partial charge in [0.25, 0.3) is 0 Å². The van der Waals surface area contributed by atoms with Crippen molar-refractivity contribution >= 4 is 28.3 Å². The highest BCUT2D eigenvalue weighted by atomic mass is 32.1. The van der Waals surface area contributed by atoms with E-state index in [9.17, 15) is 9.59 Å². The second kappa shape index (κ2) is 6.21. The molecule has 8 heteroatoms. The van der Waals surface area contributed by atoms with Gasteiger partial charge < -0.3 is 19.8 Å². The molecule has 0 radical (unpaired) electrons. The standard InChI is InChI=1S/C12H16N2O5S/c1-7-4-14(5-8(6-15)19-7)12(18)13-10-9(11(16)17)2-3-20-10/h2-3,7-8,15H,4-6H2,1H3,(H,13,18)(H,16,17). The van der Waals surface area contributed by atoms with Crippen molar-refractivity contribution < 1.29 is 24.5 Å². The Morgan fingerprint density at radius 3 is 2.95 bits per heavy atom. The minimum atomic E-state index is -1.08. The Morgan fingerprint density at radius 1 is 1.55 bits per heavy atom. The minimum Gasteiger partial charge on any atom is -0.478 e. The molecule has 110 valence electrons. The van der Waals surface area contributed by atoms with E-state index >= 15 is 0 Å². The van der Waals surface area contributed by atoms with Crippen molar-refractivity contribution in [3.63, 3.8) is 0 Å². The van der Waals surface area contributed by atoms with Crippen LogP contribution >= 0.6 is 11.3 Å². The van der Waals surface area contributed by atoms with Crippen LogP contribution in [0.15, 0.2) is 11.4 Å². The normalized spacial score (nSPS) is 22.6. The molecule has 0 saturated carbocycles. The molecular weight excluding hydrogens is 284 g/mol. The number of aliphatic hydroxyl groups is 1. The van der Waals surface area contributed by atoms with Gasteiger partial charge in [0.05, 0.1) is 30.9 Å². The minimum absolute atomic E-state index is 0.0726. The van der Waals surface area contributed by atoms with Gasteiger partial charge in [-0.1, -0.05) is 0 Å². The SMILES string of the molecule is CC1CN(C(=O)Nc2sccc2C(=O)O)CC(CO)O1. The molecule has 1 aliphatic heterocycles. The molecule has 2 atom stereocenters. The van der Waals surface area contributed by atoms with Gasteiger partial charge in [-0.15, -0.1) is 11.3 Å². The van der Waals surface area contributed by atoms with Crippen LogP contribution in [-0.4, -0.2) is 59.0 Å². The predicted octanol–water partition coefficient (Wildman–Crippen LogP) is 1.06. The number of carboxylic acid groups (broad SMARTS) is 1. The van der Waals surface area contributed by atoms with Crippen LogP contribution in [0, 0.1) is 0 Å². The summed E-state index contributed by atoms with van der Waals surface area (Å²) in [5.41, 5.74) is 0.0726. The molecular formula is C12H16N2O5S. The van der Waals surface area contributed by atoms with E-state index in [-0.39, 0.29) is 30.9 Å². The number of morpholine rings is 1. The molecule has 2 rings (SSSR count). The van der Waals surface area contributed by atoms with Crippen molar-refractivity contribution in [3.05, 3.63) is 17.0 Å². The van der Waals surface area contributed by atoms with Crippen molar-refractivity contribution in [1.82, 2.24) is 4.90 Å². The van der Waals surface area contributed by atoms with Gasteiger partial charge in [0, 0.05) is 6.54 Å². The quantitative estimate of drug-likeness (QED) is 0.775. The Kier molecular flexibility index (Phi) is 4.58. The van der Waals surface area contributed by atoms with E-state index < -0.39 is 12.1 Å². The number of aromatic carboxylic acids is 1. The number of carbonyl (C=O) groups is 2. The lowest BCUT2D eigenvalue weighted by Gasteiger charge is -2.35. The first kappa shape index (κ1) is 14.8. The highest BCUT2D eigenvalue weighted by Gasteiger charge is 2.28. The van der Waals surface area contributed by atoms with E-state index in [0.717, 1.165) is 11.3 Å². The summed E-state index contributed by atoms with van der Waals surface area (Å²) in [5.74, 6) is -1.08. The third kappa shape index (κ3) is 3.27. The van der Waals surface area contributed by atoms with E-state index in [1.54, 1.807) is 5.38 Å². The fraction of sp³-hybridized carbons (Fsp3) is 0.500. The topological polar surface area (TPSA) is 99.1 Å². The molecule has 0 aliphatic carbocycles. The van der Waals surface area contributed by atoms with Crippen LogP contribution in [0.2, 0.25) is 0 Å². The number of nitrogens with zero attached hydrogens (tertiary/aromatic N) is 1. The summed E-state index contributed by atoms with van der Waals surface area (Å²) in [4.78, 5) is 24.6. The van der Waals surface area contributed by atoms with Crippen LogP contribution < -0.4 is 5.32 Å². The first-order valence-corrected chi connectivity index (χ1v) is 7.02. The number of rotatable bonds is 3. The lowest BCUT2D eigenvalue weighted by molar-refractivity contribution is -0.0822.